The van der Waals surface area contributed by atoms with Crippen molar-refractivity contribution in [3.63, 3.8) is 0 Å². The number of ether oxygens (including phenoxy) is 2. The number of nitrogens with zero attached hydrogens (tertiary/aromatic N) is 3. The summed E-state index contributed by atoms with van der Waals surface area (Å²) in [6.45, 7) is 0.623. The molecule has 2 aliphatic rings. The van der Waals surface area contributed by atoms with Gasteiger partial charge in [0.05, 0.1) is 26.0 Å². The van der Waals surface area contributed by atoms with E-state index in [-0.39, 0.29) is 11.7 Å². The van der Waals surface area contributed by atoms with Crippen LogP contribution in [0.5, 0.6) is 11.8 Å². The number of aromatic nitrogens is 2. The van der Waals surface area contributed by atoms with E-state index in [1.807, 2.05) is 12.1 Å². The zero-order valence-electron chi connectivity index (χ0n) is 17.4. The zero-order chi connectivity index (χ0) is 20.9. The molecule has 158 valence electrons. The quantitative estimate of drug-likeness (QED) is 0.585. The van der Waals surface area contributed by atoms with E-state index >= 15 is 0 Å². The van der Waals surface area contributed by atoms with Crippen LogP contribution in [0.15, 0.2) is 30.6 Å². The molecule has 0 aliphatic heterocycles. The predicted molar refractivity (Wildman–Crippen MR) is 111 cm³/mol. The molecule has 0 N–H and O–H groups in total. The molecule has 0 saturated heterocycles. The van der Waals surface area contributed by atoms with E-state index in [0.29, 0.717) is 48.1 Å². The van der Waals surface area contributed by atoms with Crippen molar-refractivity contribution in [1.29, 1.82) is 5.26 Å². The molecule has 0 spiro atoms. The van der Waals surface area contributed by atoms with Crippen LogP contribution in [-0.2, 0) is 0 Å². The summed E-state index contributed by atoms with van der Waals surface area (Å²) in [6.07, 6.45) is 9.85. The van der Waals surface area contributed by atoms with Crippen molar-refractivity contribution in [3.8, 4) is 17.8 Å². The highest BCUT2D eigenvalue weighted by Crippen LogP contribution is 2.44. The Balaban J connectivity index is 1.31. The SMILES string of the molecule is COc1cc([C@H]2CC[C@H](COc3cc([C@@H](CC#N)C4CC4)ccn3)CC2)c(F)cn1. The minimum Gasteiger partial charge on any atom is -0.481 e. The smallest absolute Gasteiger partial charge is 0.213 e. The molecule has 30 heavy (non-hydrogen) atoms. The lowest BCUT2D eigenvalue weighted by molar-refractivity contribution is 0.193. The van der Waals surface area contributed by atoms with Gasteiger partial charge in [-0.3, -0.25) is 0 Å². The lowest BCUT2D eigenvalue weighted by atomic mass is 9.79. The van der Waals surface area contributed by atoms with Crippen molar-refractivity contribution >= 4 is 0 Å². The molecule has 0 unspecified atom stereocenters. The van der Waals surface area contributed by atoms with E-state index in [9.17, 15) is 4.39 Å². The minimum absolute atomic E-state index is 0.199. The Morgan fingerprint density at radius 2 is 1.93 bits per heavy atom. The fourth-order valence-corrected chi connectivity index (χ4v) is 4.59. The summed E-state index contributed by atoms with van der Waals surface area (Å²) >= 11 is 0. The minimum atomic E-state index is -0.251. The molecule has 0 bridgehead atoms. The second-order valence-corrected chi connectivity index (χ2v) is 8.51. The van der Waals surface area contributed by atoms with Gasteiger partial charge in [-0.15, -0.1) is 0 Å². The molecular weight excluding hydrogens is 381 g/mol. The molecule has 6 heteroatoms. The molecule has 4 rings (SSSR count). The highest BCUT2D eigenvalue weighted by atomic mass is 19.1. The maximum Gasteiger partial charge on any atom is 0.213 e. The molecule has 0 radical (unpaired) electrons. The third-order valence-corrected chi connectivity index (χ3v) is 6.51. The van der Waals surface area contributed by atoms with Gasteiger partial charge < -0.3 is 9.47 Å². The number of nitriles is 1. The van der Waals surface area contributed by atoms with E-state index < -0.39 is 0 Å². The summed E-state index contributed by atoms with van der Waals surface area (Å²) < 4.78 is 25.4. The molecule has 2 aromatic heterocycles. The van der Waals surface area contributed by atoms with Crippen LogP contribution < -0.4 is 9.47 Å². The molecule has 0 amide bonds. The van der Waals surface area contributed by atoms with Gasteiger partial charge in [0.25, 0.3) is 0 Å². The first-order chi connectivity index (χ1) is 14.7. The number of rotatable bonds is 8. The van der Waals surface area contributed by atoms with Crippen LogP contribution in [-0.4, -0.2) is 23.7 Å². The van der Waals surface area contributed by atoms with Crippen molar-refractivity contribution < 1.29 is 13.9 Å². The summed E-state index contributed by atoms with van der Waals surface area (Å²) in [5.74, 6) is 2.41. The number of halogens is 1. The third-order valence-electron chi connectivity index (χ3n) is 6.51. The highest BCUT2D eigenvalue weighted by Gasteiger charge is 2.32. The monoisotopic (exact) mass is 409 g/mol. The van der Waals surface area contributed by atoms with E-state index in [1.165, 1.54) is 19.0 Å². The number of methoxy groups -OCH3 is 1. The molecule has 2 aromatic rings. The third kappa shape index (κ3) is 4.89. The van der Waals surface area contributed by atoms with Gasteiger partial charge >= 0.3 is 0 Å². The molecule has 2 saturated carbocycles. The van der Waals surface area contributed by atoms with Crippen LogP contribution in [0.3, 0.4) is 0 Å². The van der Waals surface area contributed by atoms with Gasteiger partial charge in [-0.1, -0.05) is 0 Å². The Bertz CT molecular complexity index is 902. The Morgan fingerprint density at radius 1 is 1.13 bits per heavy atom. The van der Waals surface area contributed by atoms with Crippen LogP contribution in [0.2, 0.25) is 0 Å². The number of pyridine rings is 2. The van der Waals surface area contributed by atoms with Crippen LogP contribution in [0.25, 0.3) is 0 Å². The van der Waals surface area contributed by atoms with Crippen LogP contribution in [0.4, 0.5) is 4.39 Å². The van der Waals surface area contributed by atoms with Gasteiger partial charge in [0.15, 0.2) is 0 Å². The van der Waals surface area contributed by atoms with Crippen LogP contribution in [0.1, 0.15) is 67.9 Å². The Hall–Kier alpha value is -2.68. The molecule has 0 aromatic carbocycles. The first kappa shape index (κ1) is 20.6. The summed E-state index contributed by atoms with van der Waals surface area (Å²) in [6, 6.07) is 8.06. The summed E-state index contributed by atoms with van der Waals surface area (Å²) in [4.78, 5) is 8.30. The van der Waals surface area contributed by atoms with Gasteiger partial charge in [0.2, 0.25) is 11.8 Å². The van der Waals surface area contributed by atoms with E-state index in [4.69, 9.17) is 14.7 Å². The second-order valence-electron chi connectivity index (χ2n) is 8.51. The van der Waals surface area contributed by atoms with Crippen molar-refractivity contribution in [2.24, 2.45) is 11.8 Å². The fourth-order valence-electron chi connectivity index (χ4n) is 4.59. The number of hydrogen-bond donors (Lipinski definition) is 0. The predicted octanol–water partition coefficient (Wildman–Crippen LogP) is 5.38. The van der Waals surface area contributed by atoms with Gasteiger partial charge in [-0.25, -0.2) is 14.4 Å². The van der Waals surface area contributed by atoms with E-state index in [2.05, 4.69) is 16.0 Å². The second kappa shape index (κ2) is 9.42. The average molecular weight is 410 g/mol. The molecule has 5 nitrogen and oxygen atoms in total. The lowest BCUT2D eigenvalue weighted by Gasteiger charge is -2.29. The Kier molecular flexibility index (Phi) is 6.47. The lowest BCUT2D eigenvalue weighted by Crippen LogP contribution is -2.20. The van der Waals surface area contributed by atoms with Crippen molar-refractivity contribution in [2.75, 3.05) is 13.7 Å². The summed E-state index contributed by atoms with van der Waals surface area (Å²) in [5, 5.41) is 9.14. The van der Waals surface area contributed by atoms with Gasteiger partial charge in [0.1, 0.15) is 5.82 Å². The molecule has 2 heterocycles. The highest BCUT2D eigenvalue weighted by molar-refractivity contribution is 5.27. The van der Waals surface area contributed by atoms with Crippen molar-refractivity contribution in [1.82, 2.24) is 9.97 Å². The summed E-state index contributed by atoms with van der Waals surface area (Å²) in [7, 11) is 1.55. The van der Waals surface area contributed by atoms with Crippen molar-refractivity contribution in [3.05, 3.63) is 47.5 Å². The van der Waals surface area contributed by atoms with Gasteiger partial charge in [-0.2, -0.15) is 5.26 Å². The Labute approximate surface area is 177 Å². The normalized spacial score (nSPS) is 22.2. The maximum atomic E-state index is 14.2. The van der Waals surface area contributed by atoms with E-state index in [0.717, 1.165) is 31.2 Å². The number of hydrogen-bond acceptors (Lipinski definition) is 5. The largest absolute Gasteiger partial charge is 0.481 e. The topological polar surface area (TPSA) is 68.0 Å². The first-order valence-corrected chi connectivity index (χ1v) is 10.8. The Morgan fingerprint density at radius 3 is 2.63 bits per heavy atom. The van der Waals surface area contributed by atoms with Crippen LogP contribution >= 0.6 is 0 Å². The average Bonchev–Trinajstić information content (AvgIpc) is 3.62. The first-order valence-electron chi connectivity index (χ1n) is 10.8. The molecular formula is C24H28FN3O2. The van der Waals surface area contributed by atoms with Gasteiger partial charge in [-0.05, 0) is 79.4 Å². The zero-order valence-corrected chi connectivity index (χ0v) is 17.4. The fraction of sp³-hybridized carbons (Fsp3) is 0.542. The van der Waals surface area contributed by atoms with Gasteiger partial charge in [0, 0.05) is 24.8 Å². The molecule has 2 fully saturated rings. The molecule has 2 aliphatic carbocycles. The van der Waals surface area contributed by atoms with E-state index in [1.54, 1.807) is 19.4 Å². The summed E-state index contributed by atoms with van der Waals surface area (Å²) in [5.41, 5.74) is 1.87. The maximum absolute atomic E-state index is 14.2. The standard InChI is InChI=1S/C24H28FN3O2/c1-29-23-13-21(22(25)14-28-23)18-4-2-16(3-5-18)15-30-24-12-19(9-11-27-24)20(8-10-26)17-6-7-17/h9,11-14,16-18,20H,2-8,15H2,1H3/t16-,18-,20-/m0/s1. The molecule has 1 atom stereocenters. The van der Waals surface area contributed by atoms with Crippen molar-refractivity contribution in [2.45, 2.75) is 56.8 Å². The van der Waals surface area contributed by atoms with Crippen LogP contribution in [0, 0.1) is 29.0 Å².